The van der Waals surface area contributed by atoms with E-state index in [1.54, 1.807) is 6.26 Å². The summed E-state index contributed by atoms with van der Waals surface area (Å²) in [4.78, 5) is 0. The zero-order chi connectivity index (χ0) is 14.7. The van der Waals surface area contributed by atoms with Crippen molar-refractivity contribution < 1.29 is 9.52 Å². The van der Waals surface area contributed by atoms with Gasteiger partial charge in [0.15, 0.2) is 0 Å². The quantitative estimate of drug-likeness (QED) is 0.889. The first-order valence-electron chi connectivity index (χ1n) is 7.35. The number of nitrogens with one attached hydrogen (secondary N) is 1. The minimum Gasteiger partial charge on any atom is -0.469 e. The highest BCUT2D eigenvalue weighted by Crippen LogP contribution is 2.27. The van der Waals surface area contributed by atoms with Gasteiger partial charge < -0.3 is 14.8 Å². The second-order valence-corrected chi connectivity index (χ2v) is 6.46. The molecule has 0 aliphatic carbocycles. The van der Waals surface area contributed by atoms with E-state index < -0.39 is 0 Å². The van der Waals surface area contributed by atoms with Crippen LogP contribution in [0.15, 0.2) is 22.8 Å². The Morgan fingerprint density at radius 2 is 2.48 bits per heavy atom. The molecule has 0 aromatic carbocycles. The van der Waals surface area contributed by atoms with Crippen LogP contribution in [0.4, 0.5) is 5.82 Å². The molecule has 3 rings (SSSR count). The molecule has 1 unspecified atom stereocenters. The van der Waals surface area contributed by atoms with E-state index in [9.17, 15) is 5.11 Å². The van der Waals surface area contributed by atoms with Gasteiger partial charge in [-0.05, 0) is 31.6 Å². The maximum atomic E-state index is 9.23. The van der Waals surface area contributed by atoms with Crippen LogP contribution >= 0.6 is 11.8 Å². The first-order valence-corrected chi connectivity index (χ1v) is 8.51. The summed E-state index contributed by atoms with van der Waals surface area (Å²) in [6.07, 6.45) is 4.13. The maximum absolute atomic E-state index is 9.23. The SMILES string of the molecule is Cc1occc1-c1cc(NC2CCCSC2)n(CCO)n1. The summed E-state index contributed by atoms with van der Waals surface area (Å²) in [5.74, 6) is 4.23. The van der Waals surface area contributed by atoms with E-state index in [1.807, 2.05) is 35.5 Å². The minimum atomic E-state index is 0.0829. The highest BCUT2D eigenvalue weighted by molar-refractivity contribution is 7.99. The van der Waals surface area contributed by atoms with Gasteiger partial charge in [-0.1, -0.05) is 0 Å². The zero-order valence-corrected chi connectivity index (χ0v) is 13.0. The lowest BCUT2D eigenvalue weighted by atomic mass is 10.2. The van der Waals surface area contributed by atoms with Gasteiger partial charge in [0.25, 0.3) is 0 Å². The predicted molar refractivity (Wildman–Crippen MR) is 85.7 cm³/mol. The van der Waals surface area contributed by atoms with Crippen LogP contribution in [0.25, 0.3) is 11.3 Å². The van der Waals surface area contributed by atoms with Crippen molar-refractivity contribution in [2.45, 2.75) is 32.4 Å². The highest BCUT2D eigenvalue weighted by atomic mass is 32.2. The fraction of sp³-hybridized carbons (Fsp3) is 0.533. The molecule has 1 saturated heterocycles. The molecule has 2 N–H and O–H groups in total. The Morgan fingerprint density at radius 3 is 3.14 bits per heavy atom. The summed E-state index contributed by atoms with van der Waals surface area (Å²) in [7, 11) is 0. The van der Waals surface area contributed by atoms with Crippen molar-refractivity contribution in [1.82, 2.24) is 9.78 Å². The number of rotatable bonds is 5. The van der Waals surface area contributed by atoms with Gasteiger partial charge in [0.1, 0.15) is 11.6 Å². The number of anilines is 1. The normalized spacial score (nSPS) is 18.9. The summed E-state index contributed by atoms with van der Waals surface area (Å²) in [5, 5.41) is 17.4. The van der Waals surface area contributed by atoms with Gasteiger partial charge in [-0.3, -0.25) is 0 Å². The van der Waals surface area contributed by atoms with Crippen molar-refractivity contribution in [2.75, 3.05) is 23.4 Å². The average molecular weight is 307 g/mol. The van der Waals surface area contributed by atoms with Crippen LogP contribution in [0.2, 0.25) is 0 Å². The molecule has 114 valence electrons. The van der Waals surface area contributed by atoms with Gasteiger partial charge in [0.2, 0.25) is 0 Å². The maximum Gasteiger partial charge on any atom is 0.125 e. The standard InChI is InChI=1S/C15H21N3O2S/c1-11-13(4-7-20-11)14-9-15(18(17-14)5-6-19)16-12-3-2-8-21-10-12/h4,7,9,12,16,19H,2-3,5-6,8,10H2,1H3. The number of aromatic nitrogens is 2. The van der Waals surface area contributed by atoms with E-state index in [0.717, 1.165) is 28.6 Å². The molecule has 0 radical (unpaired) electrons. The van der Waals surface area contributed by atoms with E-state index in [1.165, 1.54) is 18.6 Å². The Morgan fingerprint density at radius 1 is 1.57 bits per heavy atom. The molecule has 2 aromatic rings. The molecule has 1 aliphatic rings. The lowest BCUT2D eigenvalue weighted by Crippen LogP contribution is -2.27. The Hall–Kier alpha value is -1.40. The molecule has 0 saturated carbocycles. The molecule has 1 atom stereocenters. The third kappa shape index (κ3) is 3.27. The monoisotopic (exact) mass is 307 g/mol. The number of furan rings is 1. The summed E-state index contributed by atoms with van der Waals surface area (Å²) < 4.78 is 7.20. The molecule has 21 heavy (non-hydrogen) atoms. The molecule has 3 heterocycles. The molecule has 0 spiro atoms. The number of aryl methyl sites for hydroxylation is 1. The molecular weight excluding hydrogens is 286 g/mol. The van der Waals surface area contributed by atoms with E-state index in [0.29, 0.717) is 12.6 Å². The predicted octanol–water partition coefficient (Wildman–Crippen LogP) is 2.75. The topological polar surface area (TPSA) is 63.2 Å². The molecule has 1 aliphatic heterocycles. The molecule has 2 aromatic heterocycles. The molecule has 6 heteroatoms. The lowest BCUT2D eigenvalue weighted by Gasteiger charge is -2.23. The largest absolute Gasteiger partial charge is 0.469 e. The van der Waals surface area contributed by atoms with Gasteiger partial charge in [-0.2, -0.15) is 16.9 Å². The number of nitrogens with zero attached hydrogens (tertiary/aromatic N) is 2. The fourth-order valence-electron chi connectivity index (χ4n) is 2.64. The highest BCUT2D eigenvalue weighted by Gasteiger charge is 2.18. The number of aliphatic hydroxyl groups excluding tert-OH is 1. The van der Waals surface area contributed by atoms with E-state index in [2.05, 4.69) is 10.4 Å². The second kappa shape index (κ2) is 6.58. The fourth-order valence-corrected chi connectivity index (χ4v) is 3.72. The smallest absolute Gasteiger partial charge is 0.125 e. The van der Waals surface area contributed by atoms with E-state index in [-0.39, 0.29) is 6.61 Å². The lowest BCUT2D eigenvalue weighted by molar-refractivity contribution is 0.270. The average Bonchev–Trinajstić information content (AvgIpc) is 3.07. The van der Waals surface area contributed by atoms with Gasteiger partial charge in [0.05, 0.1) is 25.1 Å². The number of hydrogen-bond donors (Lipinski definition) is 2. The van der Waals surface area contributed by atoms with Gasteiger partial charge >= 0.3 is 0 Å². The molecular formula is C15H21N3O2S. The first-order chi connectivity index (χ1) is 10.3. The van der Waals surface area contributed by atoms with E-state index in [4.69, 9.17) is 4.42 Å². The summed E-state index contributed by atoms with van der Waals surface area (Å²) in [6.45, 7) is 2.52. The van der Waals surface area contributed by atoms with Crippen molar-refractivity contribution in [3.8, 4) is 11.3 Å². The van der Waals surface area contributed by atoms with Crippen molar-refractivity contribution >= 4 is 17.6 Å². The second-order valence-electron chi connectivity index (χ2n) is 5.31. The third-order valence-corrected chi connectivity index (χ3v) is 4.95. The summed E-state index contributed by atoms with van der Waals surface area (Å²) in [5.41, 5.74) is 1.90. The van der Waals surface area contributed by atoms with Crippen molar-refractivity contribution in [3.05, 3.63) is 24.2 Å². The van der Waals surface area contributed by atoms with Crippen LogP contribution in [0.5, 0.6) is 0 Å². The van der Waals surface area contributed by atoms with Crippen LogP contribution in [-0.4, -0.2) is 39.0 Å². The Balaban J connectivity index is 1.84. The van der Waals surface area contributed by atoms with Crippen LogP contribution in [-0.2, 0) is 6.54 Å². The van der Waals surface area contributed by atoms with Crippen LogP contribution < -0.4 is 5.32 Å². The molecule has 1 fully saturated rings. The zero-order valence-electron chi connectivity index (χ0n) is 12.2. The molecule has 5 nitrogen and oxygen atoms in total. The van der Waals surface area contributed by atoms with Crippen molar-refractivity contribution in [2.24, 2.45) is 0 Å². The number of thioether (sulfide) groups is 1. The van der Waals surface area contributed by atoms with Crippen molar-refractivity contribution in [1.29, 1.82) is 0 Å². The Labute approximate surface area is 128 Å². The minimum absolute atomic E-state index is 0.0829. The van der Waals surface area contributed by atoms with Gasteiger partial charge in [-0.15, -0.1) is 0 Å². The summed E-state index contributed by atoms with van der Waals surface area (Å²) >= 11 is 1.99. The van der Waals surface area contributed by atoms with Crippen LogP contribution in [0.3, 0.4) is 0 Å². The third-order valence-electron chi connectivity index (χ3n) is 3.74. The van der Waals surface area contributed by atoms with Crippen molar-refractivity contribution in [3.63, 3.8) is 0 Å². The van der Waals surface area contributed by atoms with Gasteiger partial charge in [0, 0.05) is 23.4 Å². The summed E-state index contributed by atoms with van der Waals surface area (Å²) in [6, 6.07) is 4.46. The van der Waals surface area contributed by atoms with Gasteiger partial charge in [-0.25, -0.2) is 4.68 Å². The number of aliphatic hydroxyl groups is 1. The number of hydrogen-bond acceptors (Lipinski definition) is 5. The molecule has 0 bridgehead atoms. The van der Waals surface area contributed by atoms with E-state index >= 15 is 0 Å². The molecule has 0 amide bonds. The Bertz CT molecular complexity index is 588. The first kappa shape index (κ1) is 14.5. The van der Waals surface area contributed by atoms with Crippen LogP contribution in [0, 0.1) is 6.92 Å². The van der Waals surface area contributed by atoms with Crippen LogP contribution in [0.1, 0.15) is 18.6 Å². The Kier molecular flexibility index (Phi) is 4.55.